The predicted molar refractivity (Wildman–Crippen MR) is 181 cm³/mol. The number of hydrogen-bond acceptors (Lipinski definition) is 10. The molecule has 0 bridgehead atoms. The quantitative estimate of drug-likeness (QED) is 0.0804. The maximum atomic E-state index is 12.7. The zero-order valence-electron chi connectivity index (χ0n) is 25.8. The van der Waals surface area contributed by atoms with Gasteiger partial charge in [-0.1, -0.05) is 48.3 Å². The van der Waals surface area contributed by atoms with Crippen LogP contribution in [0.15, 0.2) is 73.2 Å². The van der Waals surface area contributed by atoms with Gasteiger partial charge in [-0.2, -0.15) is 0 Å². The number of anilines is 3. The maximum absolute atomic E-state index is 12.7. The Morgan fingerprint density at radius 3 is 2.72 bits per heavy atom. The van der Waals surface area contributed by atoms with Crippen LogP contribution in [0.1, 0.15) is 24.0 Å². The molecule has 0 unspecified atom stereocenters. The molecule has 0 aliphatic carbocycles. The van der Waals surface area contributed by atoms with E-state index in [0.717, 1.165) is 5.56 Å². The Morgan fingerprint density at radius 2 is 1.98 bits per heavy atom. The van der Waals surface area contributed by atoms with E-state index in [0.29, 0.717) is 75.1 Å². The minimum Gasteiger partial charge on any atom is -0.487 e. The number of pyridine rings is 1. The van der Waals surface area contributed by atoms with Crippen molar-refractivity contribution < 1.29 is 14.5 Å². The lowest BCUT2D eigenvalue weighted by Gasteiger charge is -2.14. The summed E-state index contributed by atoms with van der Waals surface area (Å²) in [5.74, 6) is 1.40. The van der Waals surface area contributed by atoms with Crippen LogP contribution in [-0.2, 0) is 31.4 Å². The number of amides is 1. The first-order chi connectivity index (χ1) is 22.6. The van der Waals surface area contributed by atoms with Gasteiger partial charge in [0.05, 0.1) is 16.7 Å². The van der Waals surface area contributed by atoms with E-state index < -0.39 is 10.8 Å². The first-order valence-corrected chi connectivity index (χ1v) is 15.3. The zero-order valence-corrected chi connectivity index (χ0v) is 27.3. The highest BCUT2D eigenvalue weighted by atomic mass is 35.5. The molecule has 15 heteroatoms. The molecule has 0 atom stereocenters. The van der Waals surface area contributed by atoms with Gasteiger partial charge >= 0.3 is 5.82 Å². The average molecular weight is 677 g/mol. The third-order valence-corrected chi connectivity index (χ3v) is 7.66. The van der Waals surface area contributed by atoms with Crippen LogP contribution < -0.4 is 15.4 Å². The minimum absolute atomic E-state index is 0.155. The van der Waals surface area contributed by atoms with Crippen LogP contribution in [0.4, 0.5) is 23.1 Å². The van der Waals surface area contributed by atoms with Crippen molar-refractivity contribution in [1.82, 2.24) is 29.4 Å². The van der Waals surface area contributed by atoms with Crippen LogP contribution in [0.5, 0.6) is 5.75 Å². The van der Waals surface area contributed by atoms with E-state index in [-0.39, 0.29) is 12.4 Å². The van der Waals surface area contributed by atoms with E-state index in [1.54, 1.807) is 55.2 Å². The number of nitrogens with one attached hydrogen (secondary N) is 2. The summed E-state index contributed by atoms with van der Waals surface area (Å²) in [7, 11) is 3.57. The van der Waals surface area contributed by atoms with Crippen molar-refractivity contribution in [3.05, 3.63) is 110 Å². The number of ether oxygens (including phenoxy) is 1. The van der Waals surface area contributed by atoms with Crippen molar-refractivity contribution in [3.8, 4) is 5.75 Å². The fourth-order valence-corrected chi connectivity index (χ4v) is 5.23. The molecule has 13 nitrogen and oxygen atoms in total. The highest BCUT2D eigenvalue weighted by Crippen LogP contribution is 2.31. The number of carbonyl (C=O) groups excluding carboxylic acids is 1. The number of nitro groups is 1. The third kappa shape index (κ3) is 8.38. The van der Waals surface area contributed by atoms with E-state index >= 15 is 0 Å². The van der Waals surface area contributed by atoms with Crippen molar-refractivity contribution in [1.29, 1.82) is 0 Å². The Morgan fingerprint density at radius 1 is 1.15 bits per heavy atom. The van der Waals surface area contributed by atoms with E-state index in [1.807, 2.05) is 36.1 Å². The number of imidazole rings is 1. The number of likely N-dealkylation sites (N-methyl/N-ethyl adjacent to an activating group) is 1. The number of aryl methyl sites for hydroxylation is 1. The Balaban J connectivity index is 1.21. The number of benzene rings is 2. The molecule has 47 heavy (non-hydrogen) atoms. The summed E-state index contributed by atoms with van der Waals surface area (Å²) in [6, 6.07) is 14.4. The van der Waals surface area contributed by atoms with Crippen molar-refractivity contribution in [2.75, 3.05) is 24.2 Å². The van der Waals surface area contributed by atoms with Crippen molar-refractivity contribution in [2.45, 2.75) is 26.5 Å². The van der Waals surface area contributed by atoms with E-state index in [1.165, 1.54) is 12.4 Å². The van der Waals surface area contributed by atoms with Crippen LogP contribution >= 0.6 is 23.2 Å². The van der Waals surface area contributed by atoms with Crippen LogP contribution in [0.2, 0.25) is 10.0 Å². The second kappa shape index (κ2) is 15.0. The molecule has 0 fully saturated rings. The summed E-state index contributed by atoms with van der Waals surface area (Å²) in [5, 5.41) is 19.1. The third-order valence-electron chi connectivity index (χ3n) is 7.13. The van der Waals surface area contributed by atoms with Gasteiger partial charge in [-0.3, -0.25) is 9.69 Å². The summed E-state index contributed by atoms with van der Waals surface area (Å²) in [4.78, 5) is 42.6. The van der Waals surface area contributed by atoms with Crippen molar-refractivity contribution in [3.63, 3.8) is 0 Å². The lowest BCUT2D eigenvalue weighted by atomic mass is 10.2. The normalized spacial score (nSPS) is 11.4. The molecular weight excluding hydrogens is 645 g/mol. The zero-order chi connectivity index (χ0) is 33.5. The topological polar surface area (TPSA) is 153 Å². The predicted octanol–water partition coefficient (Wildman–Crippen LogP) is 6.49. The number of halogens is 2. The van der Waals surface area contributed by atoms with Crippen LogP contribution in [0.25, 0.3) is 10.9 Å². The molecule has 0 radical (unpaired) electrons. The van der Waals surface area contributed by atoms with Crippen molar-refractivity contribution in [2.24, 2.45) is 7.05 Å². The molecule has 0 spiro atoms. The minimum atomic E-state index is -0.473. The summed E-state index contributed by atoms with van der Waals surface area (Å²) in [6.07, 6.45) is 6.59. The van der Waals surface area contributed by atoms with Gasteiger partial charge in [0, 0.05) is 48.7 Å². The standard InChI is InChI=1S/C32H31Cl2N9O4/c1-4-29-40-32(43(45)46)26(42(29)3)17-41(2)12-6-9-30(44)39-28-15-23-25(16-35-28)36-19-37-31(23)38-22-10-11-27(24(34)14-22)47-18-20-7-5-8-21(33)13-20/h5-11,13-16,19H,4,12,17-18H2,1-3H3,(H,35,39,44)(H,36,37,38)/b9-6+. The highest BCUT2D eigenvalue weighted by Gasteiger charge is 2.25. The molecule has 2 N–H and O–H groups in total. The lowest BCUT2D eigenvalue weighted by Crippen LogP contribution is -2.21. The number of nitrogens with zero attached hydrogens (tertiary/aromatic N) is 7. The molecule has 5 aromatic rings. The molecule has 5 rings (SSSR count). The summed E-state index contributed by atoms with van der Waals surface area (Å²) >= 11 is 12.6. The smallest absolute Gasteiger partial charge is 0.386 e. The lowest BCUT2D eigenvalue weighted by molar-refractivity contribution is -0.390. The van der Waals surface area contributed by atoms with E-state index in [9.17, 15) is 14.9 Å². The first-order valence-electron chi connectivity index (χ1n) is 14.5. The van der Waals surface area contributed by atoms with Gasteiger partial charge in [0.25, 0.3) is 0 Å². The largest absolute Gasteiger partial charge is 0.487 e. The summed E-state index contributed by atoms with van der Waals surface area (Å²) < 4.78 is 7.61. The Labute approximate surface area is 280 Å². The molecule has 1 amide bonds. The van der Waals surface area contributed by atoms with E-state index in [4.69, 9.17) is 27.9 Å². The fraction of sp³-hybridized carbons (Fsp3) is 0.219. The van der Waals surface area contributed by atoms with Gasteiger partial charge in [0.15, 0.2) is 0 Å². The maximum Gasteiger partial charge on any atom is 0.386 e. The first kappa shape index (κ1) is 33.3. The Bertz CT molecular complexity index is 1960. The molecule has 0 aliphatic rings. The van der Waals surface area contributed by atoms with Crippen LogP contribution in [-0.4, -0.2) is 53.8 Å². The molecule has 0 aliphatic heterocycles. The van der Waals surface area contributed by atoms with Gasteiger partial charge in [-0.25, -0.2) is 15.0 Å². The second-order valence-corrected chi connectivity index (χ2v) is 11.4. The molecule has 3 heterocycles. The highest BCUT2D eigenvalue weighted by molar-refractivity contribution is 6.32. The molecule has 3 aromatic heterocycles. The monoisotopic (exact) mass is 675 g/mol. The average Bonchev–Trinajstić information content (AvgIpc) is 3.35. The molecule has 0 saturated carbocycles. The SMILES string of the molecule is CCc1nc([N+](=O)[O-])c(CN(C)C/C=C/C(=O)Nc2cc3c(Nc4ccc(OCc5cccc(Cl)c5)c(Cl)c4)ncnc3cn2)n1C. The molecule has 2 aromatic carbocycles. The molecular formula is C32H31Cl2N9O4. The Kier molecular flexibility index (Phi) is 10.6. The van der Waals surface area contributed by atoms with Gasteiger partial charge in [-0.05, 0) is 58.9 Å². The van der Waals surface area contributed by atoms with Crippen LogP contribution in [0.3, 0.4) is 0 Å². The van der Waals surface area contributed by atoms with E-state index in [2.05, 4.69) is 30.6 Å². The van der Waals surface area contributed by atoms with Crippen molar-refractivity contribution >= 4 is 63.2 Å². The molecule has 0 saturated heterocycles. The number of hydrogen-bond donors (Lipinski definition) is 2. The fourth-order valence-electron chi connectivity index (χ4n) is 4.78. The number of carbonyl (C=O) groups is 1. The summed E-state index contributed by atoms with van der Waals surface area (Å²) in [6.45, 7) is 2.87. The number of fused-ring (bicyclic) bond motifs is 1. The van der Waals surface area contributed by atoms with Gasteiger partial charge in [0.2, 0.25) is 11.7 Å². The van der Waals surface area contributed by atoms with Gasteiger partial charge < -0.3 is 30.1 Å². The number of rotatable bonds is 13. The Hall–Kier alpha value is -5.11. The second-order valence-electron chi connectivity index (χ2n) is 10.6. The molecule has 242 valence electrons. The number of aromatic nitrogens is 5. The van der Waals surface area contributed by atoms with Gasteiger partial charge in [0.1, 0.15) is 36.0 Å². The summed E-state index contributed by atoms with van der Waals surface area (Å²) in [5.41, 5.74) is 2.66. The van der Waals surface area contributed by atoms with Gasteiger partial charge in [-0.15, -0.1) is 0 Å². The van der Waals surface area contributed by atoms with Crippen LogP contribution in [0, 0.1) is 10.1 Å².